The summed E-state index contributed by atoms with van der Waals surface area (Å²) in [5.41, 5.74) is 0.959. The van der Waals surface area contributed by atoms with E-state index >= 15 is 0 Å². The first-order valence-corrected chi connectivity index (χ1v) is 8.70. The Balaban J connectivity index is 1.93. The predicted octanol–water partition coefficient (Wildman–Crippen LogP) is 2.31. The third-order valence-corrected chi connectivity index (χ3v) is 4.13. The van der Waals surface area contributed by atoms with Gasteiger partial charge < -0.3 is 15.7 Å². The van der Waals surface area contributed by atoms with Crippen LogP contribution in [0.4, 0.5) is 5.13 Å². The number of hydrogen-bond acceptors (Lipinski definition) is 5. The van der Waals surface area contributed by atoms with Crippen molar-refractivity contribution in [2.75, 3.05) is 5.32 Å². The third-order valence-electron chi connectivity index (χ3n) is 3.37. The van der Waals surface area contributed by atoms with E-state index < -0.39 is 17.9 Å². The molecular weight excluding hydrogens is 342 g/mol. The van der Waals surface area contributed by atoms with Crippen molar-refractivity contribution in [3.05, 3.63) is 47.0 Å². The second kappa shape index (κ2) is 8.93. The number of rotatable bonds is 8. The zero-order chi connectivity index (χ0) is 18.2. The lowest BCUT2D eigenvalue weighted by Gasteiger charge is -2.12. The molecule has 25 heavy (non-hydrogen) atoms. The number of amides is 2. The first-order chi connectivity index (χ1) is 12.0. The number of aliphatic carboxylic acids is 1. The normalized spacial score (nSPS) is 11.6. The predicted molar refractivity (Wildman–Crippen MR) is 94.7 cm³/mol. The van der Waals surface area contributed by atoms with Gasteiger partial charge in [0.05, 0.1) is 6.42 Å². The zero-order valence-corrected chi connectivity index (χ0v) is 14.5. The second-order valence-corrected chi connectivity index (χ2v) is 6.26. The molecule has 7 nitrogen and oxygen atoms in total. The van der Waals surface area contributed by atoms with Gasteiger partial charge in [-0.2, -0.15) is 0 Å². The number of carbonyl (C=O) groups excluding carboxylic acids is 2. The maximum Gasteiger partial charge on any atom is 0.326 e. The van der Waals surface area contributed by atoms with Gasteiger partial charge >= 0.3 is 5.97 Å². The summed E-state index contributed by atoms with van der Waals surface area (Å²) in [5, 5.41) is 15.9. The molecule has 0 saturated carbocycles. The Morgan fingerprint density at radius 2 is 1.96 bits per heavy atom. The van der Waals surface area contributed by atoms with E-state index in [1.807, 2.05) is 37.3 Å². The average molecular weight is 361 g/mol. The molecule has 2 aromatic rings. The first-order valence-electron chi connectivity index (χ1n) is 7.82. The van der Waals surface area contributed by atoms with Crippen LogP contribution in [0.2, 0.25) is 0 Å². The highest BCUT2D eigenvalue weighted by Crippen LogP contribution is 2.16. The molecule has 2 amide bonds. The molecular formula is C17H19N3O4S. The minimum atomic E-state index is -1.08. The van der Waals surface area contributed by atoms with Gasteiger partial charge in [0.2, 0.25) is 5.91 Å². The lowest BCUT2D eigenvalue weighted by atomic mass is 10.1. The molecule has 0 aliphatic rings. The van der Waals surface area contributed by atoms with Crippen molar-refractivity contribution in [2.45, 2.75) is 32.2 Å². The summed E-state index contributed by atoms with van der Waals surface area (Å²) in [5.74, 6) is -1.88. The van der Waals surface area contributed by atoms with Crippen molar-refractivity contribution in [1.82, 2.24) is 10.3 Å². The summed E-state index contributed by atoms with van der Waals surface area (Å²) in [6, 6.07) is 8.32. The highest BCUT2D eigenvalue weighted by molar-refractivity contribution is 7.14. The van der Waals surface area contributed by atoms with Crippen LogP contribution >= 0.6 is 11.3 Å². The fourth-order valence-electron chi connectivity index (χ4n) is 2.16. The van der Waals surface area contributed by atoms with E-state index in [0.717, 1.165) is 16.9 Å². The van der Waals surface area contributed by atoms with Crippen LogP contribution in [0, 0.1) is 0 Å². The lowest BCUT2D eigenvalue weighted by molar-refractivity contribution is -0.139. The van der Waals surface area contributed by atoms with Crippen molar-refractivity contribution < 1.29 is 19.5 Å². The van der Waals surface area contributed by atoms with E-state index in [9.17, 15) is 14.4 Å². The molecule has 8 heteroatoms. The van der Waals surface area contributed by atoms with Gasteiger partial charge in [0.15, 0.2) is 5.13 Å². The van der Waals surface area contributed by atoms with Crippen LogP contribution in [0.5, 0.6) is 0 Å². The Kier molecular flexibility index (Phi) is 6.64. The van der Waals surface area contributed by atoms with Crippen LogP contribution < -0.4 is 10.6 Å². The van der Waals surface area contributed by atoms with Crippen molar-refractivity contribution in [1.29, 1.82) is 0 Å². The maximum atomic E-state index is 12.1. The standard InChI is InChI=1S/C17H19N3O4S/c1-2-6-12(16(23)24)18-15(22)13-10-25-17(19-13)20-14(21)9-11-7-4-3-5-8-11/h3-5,7-8,10,12H,2,6,9H2,1H3,(H,18,22)(H,23,24)(H,19,20,21). The number of benzene rings is 1. The Hall–Kier alpha value is -2.74. The van der Waals surface area contributed by atoms with E-state index in [1.54, 1.807) is 0 Å². The van der Waals surface area contributed by atoms with E-state index in [1.165, 1.54) is 5.38 Å². The highest BCUT2D eigenvalue weighted by Gasteiger charge is 2.21. The third kappa shape index (κ3) is 5.68. The lowest BCUT2D eigenvalue weighted by Crippen LogP contribution is -2.40. The van der Waals surface area contributed by atoms with Gasteiger partial charge in [0.1, 0.15) is 11.7 Å². The number of carboxylic acid groups (broad SMARTS) is 1. The van der Waals surface area contributed by atoms with Crippen molar-refractivity contribution in [2.24, 2.45) is 0 Å². The molecule has 1 aromatic carbocycles. The zero-order valence-electron chi connectivity index (χ0n) is 13.7. The maximum absolute atomic E-state index is 12.1. The van der Waals surface area contributed by atoms with E-state index in [2.05, 4.69) is 15.6 Å². The molecule has 1 heterocycles. The molecule has 1 aromatic heterocycles. The van der Waals surface area contributed by atoms with Crippen LogP contribution in [-0.4, -0.2) is 33.9 Å². The number of anilines is 1. The van der Waals surface area contributed by atoms with Gasteiger partial charge in [-0.25, -0.2) is 9.78 Å². The minimum Gasteiger partial charge on any atom is -0.480 e. The Labute approximate surface area is 149 Å². The van der Waals surface area contributed by atoms with Crippen LogP contribution in [0.25, 0.3) is 0 Å². The average Bonchev–Trinajstić information content (AvgIpc) is 3.03. The van der Waals surface area contributed by atoms with Crippen LogP contribution in [0.3, 0.4) is 0 Å². The second-order valence-electron chi connectivity index (χ2n) is 5.40. The summed E-state index contributed by atoms with van der Waals surface area (Å²) >= 11 is 1.11. The monoisotopic (exact) mass is 361 g/mol. The van der Waals surface area contributed by atoms with E-state index in [0.29, 0.717) is 18.0 Å². The molecule has 0 aliphatic heterocycles. The van der Waals surface area contributed by atoms with Gasteiger partial charge in [-0.05, 0) is 12.0 Å². The smallest absolute Gasteiger partial charge is 0.326 e. The Morgan fingerprint density at radius 1 is 1.24 bits per heavy atom. The fraction of sp³-hybridized carbons (Fsp3) is 0.294. The summed E-state index contributed by atoms with van der Waals surface area (Å²) in [7, 11) is 0. The largest absolute Gasteiger partial charge is 0.480 e. The number of nitrogens with zero attached hydrogens (tertiary/aromatic N) is 1. The molecule has 1 atom stereocenters. The SMILES string of the molecule is CCCC(NC(=O)c1csc(NC(=O)Cc2ccccc2)n1)C(=O)O. The van der Waals surface area contributed by atoms with Gasteiger partial charge in [0.25, 0.3) is 5.91 Å². The fourth-order valence-corrected chi connectivity index (χ4v) is 2.87. The number of carboxylic acids is 1. The van der Waals surface area contributed by atoms with Gasteiger partial charge in [0, 0.05) is 5.38 Å². The molecule has 0 radical (unpaired) electrons. The summed E-state index contributed by atoms with van der Waals surface area (Å²) < 4.78 is 0. The first kappa shape index (κ1) is 18.6. The number of hydrogen-bond donors (Lipinski definition) is 3. The molecule has 3 N–H and O–H groups in total. The summed E-state index contributed by atoms with van der Waals surface area (Å²) in [6.45, 7) is 1.84. The molecule has 0 spiro atoms. The molecule has 2 rings (SSSR count). The van der Waals surface area contributed by atoms with Gasteiger partial charge in [-0.3, -0.25) is 9.59 Å². The minimum absolute atomic E-state index is 0.0855. The number of carbonyl (C=O) groups is 3. The molecule has 0 saturated heterocycles. The number of aromatic nitrogens is 1. The molecule has 1 unspecified atom stereocenters. The molecule has 0 aliphatic carbocycles. The summed E-state index contributed by atoms with van der Waals surface area (Å²) in [6.07, 6.45) is 1.18. The van der Waals surface area contributed by atoms with E-state index in [-0.39, 0.29) is 18.0 Å². The Morgan fingerprint density at radius 3 is 2.60 bits per heavy atom. The summed E-state index contributed by atoms with van der Waals surface area (Å²) in [4.78, 5) is 39.2. The van der Waals surface area contributed by atoms with Crippen molar-refractivity contribution in [3.63, 3.8) is 0 Å². The van der Waals surface area contributed by atoms with Crippen LogP contribution in [-0.2, 0) is 16.0 Å². The quantitative estimate of drug-likeness (QED) is 0.668. The molecule has 0 bridgehead atoms. The van der Waals surface area contributed by atoms with E-state index in [4.69, 9.17) is 5.11 Å². The molecule has 0 fully saturated rings. The van der Waals surface area contributed by atoms with Crippen molar-refractivity contribution in [3.8, 4) is 0 Å². The Bertz CT molecular complexity index is 745. The topological polar surface area (TPSA) is 108 Å². The van der Waals surface area contributed by atoms with Gasteiger partial charge in [-0.15, -0.1) is 11.3 Å². The number of nitrogens with one attached hydrogen (secondary N) is 2. The molecule has 132 valence electrons. The van der Waals surface area contributed by atoms with Gasteiger partial charge in [-0.1, -0.05) is 43.7 Å². The number of thiazole rings is 1. The highest BCUT2D eigenvalue weighted by atomic mass is 32.1. The van der Waals surface area contributed by atoms with Crippen LogP contribution in [0.15, 0.2) is 35.7 Å². The van der Waals surface area contributed by atoms with Crippen LogP contribution in [0.1, 0.15) is 35.8 Å². The van der Waals surface area contributed by atoms with Crippen molar-refractivity contribution >= 4 is 34.3 Å².